The highest BCUT2D eigenvalue weighted by Gasteiger charge is 2.21. The Kier molecular flexibility index (Phi) is 5.37. The summed E-state index contributed by atoms with van der Waals surface area (Å²) in [7, 11) is 4.46. The quantitative estimate of drug-likeness (QED) is 0.881. The summed E-state index contributed by atoms with van der Waals surface area (Å²) in [4.78, 5) is 4.92. The van der Waals surface area contributed by atoms with E-state index >= 15 is 0 Å². The van der Waals surface area contributed by atoms with E-state index in [2.05, 4.69) is 48.2 Å². The van der Waals surface area contributed by atoms with E-state index in [0.717, 1.165) is 13.0 Å². The average Bonchev–Trinajstić information content (AvgIpc) is 2.45. The number of rotatable bonds is 5. The van der Waals surface area contributed by atoms with Crippen molar-refractivity contribution in [3.63, 3.8) is 0 Å². The summed E-state index contributed by atoms with van der Waals surface area (Å²) in [5, 5.41) is 0. The van der Waals surface area contributed by atoms with Crippen LogP contribution in [-0.4, -0.2) is 49.6 Å². The summed E-state index contributed by atoms with van der Waals surface area (Å²) < 4.78 is 0. The van der Waals surface area contributed by atoms with Crippen LogP contribution in [0.1, 0.15) is 30.9 Å². The molecule has 1 fully saturated rings. The summed E-state index contributed by atoms with van der Waals surface area (Å²) in [5.74, 6) is 0. The lowest BCUT2D eigenvalue weighted by Crippen LogP contribution is -2.45. The van der Waals surface area contributed by atoms with Crippen LogP contribution in [-0.2, 0) is 0 Å². The minimum atomic E-state index is 0.157. The fourth-order valence-corrected chi connectivity index (χ4v) is 2.89. The molecule has 2 N–H and O–H groups in total. The van der Waals surface area contributed by atoms with Gasteiger partial charge in [-0.25, -0.2) is 0 Å². The molecule has 3 heteroatoms. The highest BCUT2D eigenvalue weighted by Crippen LogP contribution is 2.17. The van der Waals surface area contributed by atoms with Gasteiger partial charge in [-0.2, -0.15) is 0 Å². The number of likely N-dealkylation sites (N-methyl/N-ethyl adjacent to an activating group) is 2. The second kappa shape index (κ2) is 7.04. The van der Waals surface area contributed by atoms with Crippen molar-refractivity contribution in [3.05, 3.63) is 35.9 Å². The minimum absolute atomic E-state index is 0.157. The van der Waals surface area contributed by atoms with Gasteiger partial charge in [0, 0.05) is 18.6 Å². The van der Waals surface area contributed by atoms with Crippen LogP contribution in [0.4, 0.5) is 0 Å². The van der Waals surface area contributed by atoms with Crippen LogP contribution in [0.3, 0.4) is 0 Å². The zero-order valence-corrected chi connectivity index (χ0v) is 12.3. The summed E-state index contributed by atoms with van der Waals surface area (Å²) >= 11 is 0. The van der Waals surface area contributed by atoms with Gasteiger partial charge < -0.3 is 15.5 Å². The summed E-state index contributed by atoms with van der Waals surface area (Å²) in [5.41, 5.74) is 7.51. The Labute approximate surface area is 117 Å². The molecule has 1 saturated heterocycles. The van der Waals surface area contributed by atoms with Gasteiger partial charge in [-0.05, 0) is 52.0 Å². The molecule has 0 amide bonds. The number of piperidine rings is 1. The van der Waals surface area contributed by atoms with E-state index in [9.17, 15) is 0 Å². The molecule has 0 saturated carbocycles. The standard InChI is InChI=1S/C16H27N3/c1-18-11-6-9-15(13-18)19(2)12-10-16(17)14-7-4-3-5-8-14/h3-5,7-8,15-16H,6,9-13,17H2,1-2H3. The van der Waals surface area contributed by atoms with Crippen molar-refractivity contribution in [1.82, 2.24) is 9.80 Å². The molecule has 0 bridgehead atoms. The fraction of sp³-hybridized carbons (Fsp3) is 0.625. The molecule has 1 aliphatic heterocycles. The second-order valence-electron chi connectivity index (χ2n) is 5.84. The third kappa shape index (κ3) is 4.30. The number of hydrogen-bond acceptors (Lipinski definition) is 3. The molecule has 1 heterocycles. The third-order valence-electron chi connectivity index (χ3n) is 4.24. The van der Waals surface area contributed by atoms with E-state index in [1.807, 2.05) is 6.07 Å². The van der Waals surface area contributed by atoms with Gasteiger partial charge in [-0.15, -0.1) is 0 Å². The highest BCUT2D eigenvalue weighted by atomic mass is 15.2. The maximum atomic E-state index is 6.26. The van der Waals surface area contributed by atoms with Crippen LogP contribution in [0.25, 0.3) is 0 Å². The predicted molar refractivity (Wildman–Crippen MR) is 81.1 cm³/mol. The summed E-state index contributed by atoms with van der Waals surface area (Å²) in [6.07, 6.45) is 3.67. The Morgan fingerprint density at radius 3 is 2.79 bits per heavy atom. The van der Waals surface area contributed by atoms with Gasteiger partial charge in [0.25, 0.3) is 0 Å². The monoisotopic (exact) mass is 261 g/mol. The lowest BCUT2D eigenvalue weighted by atomic mass is 10.0. The van der Waals surface area contributed by atoms with Crippen LogP contribution >= 0.6 is 0 Å². The molecule has 1 aromatic carbocycles. The Bertz CT molecular complexity index is 366. The van der Waals surface area contributed by atoms with Crippen LogP contribution < -0.4 is 5.73 Å². The molecule has 0 aromatic heterocycles. The Morgan fingerprint density at radius 2 is 2.11 bits per heavy atom. The Hall–Kier alpha value is -0.900. The van der Waals surface area contributed by atoms with E-state index in [-0.39, 0.29) is 6.04 Å². The first-order valence-corrected chi connectivity index (χ1v) is 7.36. The van der Waals surface area contributed by atoms with E-state index in [0.29, 0.717) is 6.04 Å². The van der Waals surface area contributed by atoms with Crippen molar-refractivity contribution in [1.29, 1.82) is 0 Å². The second-order valence-corrected chi connectivity index (χ2v) is 5.84. The zero-order valence-electron chi connectivity index (χ0n) is 12.3. The molecule has 19 heavy (non-hydrogen) atoms. The van der Waals surface area contributed by atoms with E-state index in [1.165, 1.54) is 31.5 Å². The zero-order chi connectivity index (χ0) is 13.7. The molecular formula is C16H27N3. The topological polar surface area (TPSA) is 32.5 Å². The van der Waals surface area contributed by atoms with Gasteiger partial charge in [0.2, 0.25) is 0 Å². The maximum absolute atomic E-state index is 6.26. The largest absolute Gasteiger partial charge is 0.324 e. The summed E-state index contributed by atoms with van der Waals surface area (Å²) in [6.45, 7) is 3.51. The van der Waals surface area contributed by atoms with Gasteiger partial charge in [0.1, 0.15) is 0 Å². The molecule has 2 rings (SSSR count). The molecule has 1 aromatic rings. The van der Waals surface area contributed by atoms with E-state index in [4.69, 9.17) is 5.73 Å². The molecule has 0 spiro atoms. The first-order chi connectivity index (χ1) is 9.16. The highest BCUT2D eigenvalue weighted by molar-refractivity contribution is 5.18. The molecule has 1 aliphatic rings. The van der Waals surface area contributed by atoms with Crippen LogP contribution in [0, 0.1) is 0 Å². The Balaban J connectivity index is 1.78. The van der Waals surface area contributed by atoms with Crippen molar-refractivity contribution in [2.75, 3.05) is 33.7 Å². The smallest absolute Gasteiger partial charge is 0.0307 e. The van der Waals surface area contributed by atoms with E-state index < -0.39 is 0 Å². The molecular weight excluding hydrogens is 234 g/mol. The van der Waals surface area contributed by atoms with Crippen molar-refractivity contribution in [2.24, 2.45) is 5.73 Å². The lowest BCUT2D eigenvalue weighted by Gasteiger charge is -2.36. The number of likely N-dealkylation sites (tertiary alicyclic amines) is 1. The van der Waals surface area contributed by atoms with Crippen molar-refractivity contribution in [3.8, 4) is 0 Å². The van der Waals surface area contributed by atoms with Gasteiger partial charge in [0.15, 0.2) is 0 Å². The maximum Gasteiger partial charge on any atom is 0.0307 e. The molecule has 0 aliphatic carbocycles. The van der Waals surface area contributed by atoms with Crippen LogP contribution in [0.2, 0.25) is 0 Å². The number of benzene rings is 1. The number of nitrogens with zero attached hydrogens (tertiary/aromatic N) is 2. The molecule has 2 atom stereocenters. The van der Waals surface area contributed by atoms with Gasteiger partial charge in [-0.3, -0.25) is 0 Å². The van der Waals surface area contributed by atoms with Gasteiger partial charge in [0.05, 0.1) is 0 Å². The van der Waals surface area contributed by atoms with Crippen LogP contribution in [0.5, 0.6) is 0 Å². The third-order valence-corrected chi connectivity index (χ3v) is 4.24. The SMILES string of the molecule is CN1CCCC(N(C)CCC(N)c2ccccc2)C1. The first kappa shape index (κ1) is 14.5. The number of nitrogens with two attached hydrogens (primary N) is 1. The fourth-order valence-electron chi connectivity index (χ4n) is 2.89. The average molecular weight is 261 g/mol. The summed E-state index contributed by atoms with van der Waals surface area (Å²) in [6, 6.07) is 11.3. The minimum Gasteiger partial charge on any atom is -0.324 e. The lowest BCUT2D eigenvalue weighted by molar-refractivity contribution is 0.132. The molecule has 2 unspecified atom stereocenters. The molecule has 106 valence electrons. The first-order valence-electron chi connectivity index (χ1n) is 7.36. The van der Waals surface area contributed by atoms with Gasteiger partial charge >= 0.3 is 0 Å². The predicted octanol–water partition coefficient (Wildman–Crippen LogP) is 2.10. The molecule has 0 radical (unpaired) electrons. The van der Waals surface area contributed by atoms with Crippen molar-refractivity contribution >= 4 is 0 Å². The van der Waals surface area contributed by atoms with Crippen molar-refractivity contribution < 1.29 is 0 Å². The van der Waals surface area contributed by atoms with Crippen LogP contribution in [0.15, 0.2) is 30.3 Å². The van der Waals surface area contributed by atoms with Gasteiger partial charge in [-0.1, -0.05) is 30.3 Å². The molecule has 3 nitrogen and oxygen atoms in total. The number of hydrogen-bond donors (Lipinski definition) is 1. The normalized spacial score (nSPS) is 22.6. The van der Waals surface area contributed by atoms with E-state index in [1.54, 1.807) is 0 Å². The van der Waals surface area contributed by atoms with Crippen molar-refractivity contribution in [2.45, 2.75) is 31.3 Å². The Morgan fingerprint density at radius 1 is 1.37 bits per heavy atom.